The molecule has 3 aromatic rings. The highest BCUT2D eigenvalue weighted by Crippen LogP contribution is 2.29. The second kappa shape index (κ2) is 9.25. The van der Waals surface area contributed by atoms with E-state index in [9.17, 15) is 0 Å². The molecule has 2 nitrogen and oxygen atoms in total. The van der Waals surface area contributed by atoms with Crippen LogP contribution in [0.15, 0.2) is 60.7 Å². The summed E-state index contributed by atoms with van der Waals surface area (Å²) >= 11 is 0. The molecule has 1 saturated carbocycles. The predicted molar refractivity (Wildman–Crippen MR) is 116 cm³/mol. The second-order valence-electron chi connectivity index (χ2n) is 7.40. The minimum absolute atomic E-state index is 0. The highest BCUT2D eigenvalue weighted by Gasteiger charge is 2.16. The largest absolute Gasteiger partial charge is 0.489 e. The molecule has 0 unspecified atom stereocenters. The van der Waals surface area contributed by atoms with Gasteiger partial charge < -0.3 is 10.1 Å². The van der Waals surface area contributed by atoms with E-state index in [1.165, 1.54) is 53.1 Å². The minimum Gasteiger partial charge on any atom is -0.489 e. The molecule has 0 amide bonds. The lowest BCUT2D eigenvalue weighted by Crippen LogP contribution is -2.25. The van der Waals surface area contributed by atoms with Crippen molar-refractivity contribution in [3.8, 4) is 5.75 Å². The molecule has 0 heterocycles. The van der Waals surface area contributed by atoms with E-state index in [-0.39, 0.29) is 12.4 Å². The Hall–Kier alpha value is -2.03. The molecule has 1 aliphatic rings. The Morgan fingerprint density at radius 2 is 1.67 bits per heavy atom. The molecule has 0 spiro atoms. The molecule has 3 aromatic carbocycles. The Morgan fingerprint density at radius 3 is 2.44 bits per heavy atom. The van der Waals surface area contributed by atoms with Crippen molar-refractivity contribution in [1.82, 2.24) is 5.32 Å². The summed E-state index contributed by atoms with van der Waals surface area (Å²) in [5, 5.41) is 6.32. The maximum Gasteiger partial charge on any atom is 0.124 e. The first-order valence-corrected chi connectivity index (χ1v) is 9.72. The van der Waals surface area contributed by atoms with Crippen LogP contribution in [0, 0.1) is 6.92 Å². The normalized spacial score (nSPS) is 14.3. The molecule has 4 rings (SSSR count). The Balaban J connectivity index is 0.00000210. The van der Waals surface area contributed by atoms with Crippen LogP contribution in [0.4, 0.5) is 0 Å². The minimum atomic E-state index is 0. The van der Waals surface area contributed by atoms with E-state index in [2.05, 4.69) is 72.9 Å². The number of fused-ring (bicyclic) bond motifs is 1. The number of benzene rings is 3. The van der Waals surface area contributed by atoms with Crippen molar-refractivity contribution in [2.24, 2.45) is 0 Å². The van der Waals surface area contributed by atoms with Gasteiger partial charge in [0.2, 0.25) is 0 Å². The summed E-state index contributed by atoms with van der Waals surface area (Å²) in [5.41, 5.74) is 3.77. The molecular formula is C24H28ClNO. The second-order valence-corrected chi connectivity index (χ2v) is 7.40. The van der Waals surface area contributed by atoms with E-state index in [1.807, 2.05) is 0 Å². The van der Waals surface area contributed by atoms with Crippen molar-refractivity contribution in [1.29, 1.82) is 0 Å². The summed E-state index contributed by atoms with van der Waals surface area (Å²) in [6.07, 6.45) is 5.29. The van der Waals surface area contributed by atoms with Crippen LogP contribution in [0.5, 0.6) is 5.75 Å². The lowest BCUT2D eigenvalue weighted by Gasteiger charge is -2.17. The average Bonchev–Trinajstić information content (AvgIpc) is 3.19. The zero-order chi connectivity index (χ0) is 17.8. The topological polar surface area (TPSA) is 21.3 Å². The first-order valence-electron chi connectivity index (χ1n) is 9.72. The van der Waals surface area contributed by atoms with Gasteiger partial charge in [-0.3, -0.25) is 0 Å². The highest BCUT2D eigenvalue weighted by atomic mass is 35.5. The molecule has 0 saturated heterocycles. The third-order valence-corrected chi connectivity index (χ3v) is 5.44. The fourth-order valence-electron chi connectivity index (χ4n) is 3.86. The van der Waals surface area contributed by atoms with Crippen molar-refractivity contribution in [3.05, 3.63) is 77.4 Å². The van der Waals surface area contributed by atoms with Gasteiger partial charge in [-0.1, -0.05) is 73.0 Å². The van der Waals surface area contributed by atoms with Crippen LogP contribution in [0.2, 0.25) is 0 Å². The van der Waals surface area contributed by atoms with Gasteiger partial charge in [0.1, 0.15) is 12.4 Å². The first kappa shape index (κ1) is 19.7. The summed E-state index contributed by atoms with van der Waals surface area (Å²) in [4.78, 5) is 0. The van der Waals surface area contributed by atoms with Gasteiger partial charge >= 0.3 is 0 Å². The molecule has 0 bridgehead atoms. The molecule has 0 atom stereocenters. The Labute approximate surface area is 168 Å². The number of hydrogen-bond acceptors (Lipinski definition) is 2. The molecular weight excluding hydrogens is 354 g/mol. The fourth-order valence-corrected chi connectivity index (χ4v) is 3.86. The third-order valence-electron chi connectivity index (χ3n) is 5.44. The standard InChI is InChI=1S/C24H27NO.ClH/c1-18-10-12-19(13-11-18)17-26-24-15-14-20-6-2-5-9-22(20)23(24)16-25-21-7-3-4-8-21;/h2,5-6,9-15,21,25H,3-4,7-8,16-17H2,1H3;1H. The van der Waals surface area contributed by atoms with Crippen LogP contribution >= 0.6 is 12.4 Å². The van der Waals surface area contributed by atoms with Crippen LogP contribution in [-0.4, -0.2) is 6.04 Å². The molecule has 3 heteroatoms. The van der Waals surface area contributed by atoms with Gasteiger partial charge in [-0.05, 0) is 42.2 Å². The van der Waals surface area contributed by atoms with Crippen molar-refractivity contribution in [3.63, 3.8) is 0 Å². The van der Waals surface area contributed by atoms with Gasteiger partial charge in [0, 0.05) is 18.2 Å². The van der Waals surface area contributed by atoms with Crippen LogP contribution in [0.1, 0.15) is 42.4 Å². The lowest BCUT2D eigenvalue weighted by molar-refractivity contribution is 0.302. The smallest absolute Gasteiger partial charge is 0.124 e. The average molecular weight is 382 g/mol. The monoisotopic (exact) mass is 381 g/mol. The maximum atomic E-state index is 6.25. The lowest BCUT2D eigenvalue weighted by atomic mass is 10.0. The SMILES string of the molecule is Cc1ccc(COc2ccc3ccccc3c2CNC2CCCC2)cc1.Cl. The van der Waals surface area contributed by atoms with Crippen LogP contribution in [0.3, 0.4) is 0 Å². The van der Waals surface area contributed by atoms with Crippen LogP contribution < -0.4 is 10.1 Å². The summed E-state index contributed by atoms with van der Waals surface area (Å²) in [7, 11) is 0. The van der Waals surface area contributed by atoms with E-state index in [0.717, 1.165) is 12.3 Å². The summed E-state index contributed by atoms with van der Waals surface area (Å²) in [6, 6.07) is 22.1. The molecule has 1 N–H and O–H groups in total. The van der Waals surface area contributed by atoms with Gasteiger partial charge in [0.25, 0.3) is 0 Å². The van der Waals surface area contributed by atoms with Gasteiger partial charge in [-0.15, -0.1) is 12.4 Å². The number of nitrogens with one attached hydrogen (secondary N) is 1. The fraction of sp³-hybridized carbons (Fsp3) is 0.333. The van der Waals surface area contributed by atoms with Gasteiger partial charge in [0.15, 0.2) is 0 Å². The maximum absolute atomic E-state index is 6.25. The molecule has 0 aliphatic heterocycles. The molecule has 142 valence electrons. The predicted octanol–water partition coefficient (Wildman–Crippen LogP) is 6.18. The van der Waals surface area contributed by atoms with Crippen LogP contribution in [0.25, 0.3) is 10.8 Å². The Bertz CT molecular complexity index is 869. The summed E-state index contributed by atoms with van der Waals surface area (Å²) in [5.74, 6) is 0.995. The van der Waals surface area contributed by atoms with E-state index in [1.54, 1.807) is 0 Å². The zero-order valence-corrected chi connectivity index (χ0v) is 16.7. The van der Waals surface area contributed by atoms with Crippen molar-refractivity contribution < 1.29 is 4.74 Å². The van der Waals surface area contributed by atoms with E-state index < -0.39 is 0 Å². The number of hydrogen-bond donors (Lipinski definition) is 1. The summed E-state index contributed by atoms with van der Waals surface area (Å²) in [6.45, 7) is 3.59. The molecule has 27 heavy (non-hydrogen) atoms. The van der Waals surface area contributed by atoms with Gasteiger partial charge in [0.05, 0.1) is 0 Å². The van der Waals surface area contributed by atoms with Crippen molar-refractivity contribution in [2.45, 2.75) is 51.8 Å². The molecule has 0 aromatic heterocycles. The highest BCUT2D eigenvalue weighted by molar-refractivity contribution is 5.87. The molecule has 1 aliphatic carbocycles. The van der Waals surface area contributed by atoms with E-state index >= 15 is 0 Å². The van der Waals surface area contributed by atoms with Crippen molar-refractivity contribution >= 4 is 23.2 Å². The van der Waals surface area contributed by atoms with E-state index in [0.29, 0.717) is 12.6 Å². The summed E-state index contributed by atoms with van der Waals surface area (Å²) < 4.78 is 6.25. The quantitative estimate of drug-likeness (QED) is 0.550. The zero-order valence-electron chi connectivity index (χ0n) is 15.9. The van der Waals surface area contributed by atoms with Crippen LogP contribution in [-0.2, 0) is 13.2 Å². The number of rotatable bonds is 6. The first-order chi connectivity index (χ1) is 12.8. The molecule has 1 fully saturated rings. The van der Waals surface area contributed by atoms with Gasteiger partial charge in [-0.2, -0.15) is 0 Å². The molecule has 0 radical (unpaired) electrons. The van der Waals surface area contributed by atoms with Crippen molar-refractivity contribution in [2.75, 3.05) is 0 Å². The van der Waals surface area contributed by atoms with Gasteiger partial charge in [-0.25, -0.2) is 0 Å². The Morgan fingerprint density at radius 1 is 0.926 bits per heavy atom. The number of halogens is 1. The number of ether oxygens (including phenoxy) is 1. The number of aryl methyl sites for hydroxylation is 1. The van der Waals surface area contributed by atoms with E-state index in [4.69, 9.17) is 4.74 Å². The Kier molecular flexibility index (Phi) is 6.76. The third kappa shape index (κ3) is 4.82.